The van der Waals surface area contributed by atoms with Gasteiger partial charge in [-0.05, 0) is 55.1 Å². The quantitative estimate of drug-likeness (QED) is 0.895. The van der Waals surface area contributed by atoms with E-state index in [4.69, 9.17) is 0 Å². The molecular formula is C20H26N2OS. The predicted molar refractivity (Wildman–Crippen MR) is 102 cm³/mol. The maximum Gasteiger partial charge on any atom is 0.261 e. The van der Waals surface area contributed by atoms with E-state index >= 15 is 0 Å². The molecule has 0 aliphatic heterocycles. The molecule has 2 aromatic rings. The van der Waals surface area contributed by atoms with Crippen LogP contribution < -0.4 is 5.32 Å². The monoisotopic (exact) mass is 342 g/mol. The maximum atomic E-state index is 12.6. The van der Waals surface area contributed by atoms with Gasteiger partial charge < -0.3 is 10.2 Å². The zero-order valence-corrected chi connectivity index (χ0v) is 15.8. The van der Waals surface area contributed by atoms with E-state index in [0.717, 1.165) is 24.3 Å². The van der Waals surface area contributed by atoms with E-state index in [1.165, 1.54) is 21.6 Å². The van der Waals surface area contributed by atoms with Gasteiger partial charge in [-0.3, -0.25) is 4.79 Å². The van der Waals surface area contributed by atoms with Crippen LogP contribution in [0.5, 0.6) is 0 Å². The molecule has 0 bridgehead atoms. The molecule has 0 spiro atoms. The molecule has 128 valence electrons. The minimum atomic E-state index is 0.0544. The molecule has 4 heteroatoms. The molecular weight excluding hydrogens is 316 g/mol. The van der Waals surface area contributed by atoms with E-state index in [9.17, 15) is 4.79 Å². The Bertz CT molecular complexity index is 746. The Kier molecular flexibility index (Phi) is 4.79. The fourth-order valence-electron chi connectivity index (χ4n) is 3.50. The van der Waals surface area contributed by atoms with Gasteiger partial charge in [0.2, 0.25) is 0 Å². The molecule has 0 fully saturated rings. The van der Waals surface area contributed by atoms with Crippen LogP contribution in [0.4, 0.5) is 0 Å². The normalized spacial score (nSPS) is 13.5. The van der Waals surface area contributed by atoms with Crippen LogP contribution >= 0.6 is 11.3 Å². The number of hydrogen-bond acceptors (Lipinski definition) is 3. The summed E-state index contributed by atoms with van der Waals surface area (Å²) in [5.41, 5.74) is 4.07. The van der Waals surface area contributed by atoms with Crippen LogP contribution in [-0.2, 0) is 12.8 Å². The molecule has 1 aliphatic carbocycles. The molecule has 1 heterocycles. The van der Waals surface area contributed by atoms with E-state index in [1.54, 1.807) is 11.3 Å². The van der Waals surface area contributed by atoms with E-state index in [2.05, 4.69) is 68.5 Å². The van der Waals surface area contributed by atoms with Gasteiger partial charge in [0, 0.05) is 18.0 Å². The smallest absolute Gasteiger partial charge is 0.261 e. The van der Waals surface area contributed by atoms with Crippen molar-refractivity contribution in [2.24, 2.45) is 5.41 Å². The van der Waals surface area contributed by atoms with Crippen LogP contribution in [0.3, 0.4) is 0 Å². The fraction of sp³-hybridized carbons (Fsp3) is 0.450. The topological polar surface area (TPSA) is 32.3 Å². The molecule has 24 heavy (non-hydrogen) atoms. The molecule has 3 nitrogen and oxygen atoms in total. The second kappa shape index (κ2) is 6.69. The molecule has 3 rings (SSSR count). The van der Waals surface area contributed by atoms with Crippen LogP contribution in [-0.4, -0.2) is 38.0 Å². The number of nitrogens with zero attached hydrogens (tertiary/aromatic N) is 1. The lowest BCUT2D eigenvalue weighted by molar-refractivity contribution is 0.0933. The third-order valence-corrected chi connectivity index (χ3v) is 5.64. The molecule has 0 saturated carbocycles. The van der Waals surface area contributed by atoms with Gasteiger partial charge in [-0.2, -0.15) is 0 Å². The Hall–Kier alpha value is -1.65. The maximum absolute atomic E-state index is 12.6. The van der Waals surface area contributed by atoms with E-state index in [-0.39, 0.29) is 11.3 Å². The van der Waals surface area contributed by atoms with Crippen molar-refractivity contribution >= 4 is 17.2 Å². The summed E-state index contributed by atoms with van der Waals surface area (Å²) in [5.74, 6) is 0.0544. The van der Waals surface area contributed by atoms with Gasteiger partial charge in [0.05, 0.1) is 4.88 Å². The van der Waals surface area contributed by atoms with E-state index < -0.39 is 0 Å². The van der Waals surface area contributed by atoms with Crippen molar-refractivity contribution in [3.63, 3.8) is 0 Å². The van der Waals surface area contributed by atoms with Crippen molar-refractivity contribution in [1.82, 2.24) is 10.2 Å². The van der Waals surface area contributed by atoms with Gasteiger partial charge >= 0.3 is 0 Å². The summed E-state index contributed by atoms with van der Waals surface area (Å²) >= 11 is 1.63. The number of nitrogens with one attached hydrogen (secondary N) is 1. The van der Waals surface area contributed by atoms with Crippen molar-refractivity contribution in [3.8, 4) is 10.4 Å². The summed E-state index contributed by atoms with van der Waals surface area (Å²) in [6.07, 6.45) is 2.10. The first kappa shape index (κ1) is 17.2. The highest BCUT2D eigenvalue weighted by Gasteiger charge is 2.23. The number of amides is 1. The Morgan fingerprint density at radius 1 is 1.21 bits per heavy atom. The number of aryl methyl sites for hydroxylation is 2. The molecule has 0 unspecified atom stereocenters. The Morgan fingerprint density at radius 3 is 2.67 bits per heavy atom. The molecule has 0 radical (unpaired) electrons. The standard InChI is InChI=1S/C20H26N2OS/c1-20(2,13-22(3)4)12-21-19(23)17-11-15-10-9-14-7-5-6-8-16(14)18(15)24-17/h5-8,11H,9-10,12-13H2,1-4H3,(H,21,23). The predicted octanol–water partition coefficient (Wildman–Crippen LogP) is 3.83. The molecule has 1 aromatic carbocycles. The third-order valence-electron chi connectivity index (χ3n) is 4.43. The molecule has 1 aromatic heterocycles. The first-order chi connectivity index (χ1) is 11.4. The largest absolute Gasteiger partial charge is 0.351 e. The number of fused-ring (bicyclic) bond motifs is 3. The van der Waals surface area contributed by atoms with Gasteiger partial charge in [0.15, 0.2) is 0 Å². The highest BCUT2D eigenvalue weighted by Crippen LogP contribution is 2.39. The van der Waals surface area contributed by atoms with Crippen molar-refractivity contribution < 1.29 is 4.79 Å². The Morgan fingerprint density at radius 2 is 1.92 bits per heavy atom. The lowest BCUT2D eigenvalue weighted by Gasteiger charge is -2.28. The summed E-state index contributed by atoms with van der Waals surface area (Å²) < 4.78 is 0. The summed E-state index contributed by atoms with van der Waals surface area (Å²) in [5, 5.41) is 3.12. The Labute approximate surface area is 148 Å². The first-order valence-corrected chi connectivity index (χ1v) is 9.31. The van der Waals surface area contributed by atoms with Crippen molar-refractivity contribution in [2.75, 3.05) is 27.2 Å². The van der Waals surface area contributed by atoms with Gasteiger partial charge in [0.25, 0.3) is 5.91 Å². The highest BCUT2D eigenvalue weighted by molar-refractivity contribution is 7.17. The van der Waals surface area contributed by atoms with Gasteiger partial charge in [-0.1, -0.05) is 38.1 Å². The molecule has 0 atom stereocenters. The average molecular weight is 343 g/mol. The van der Waals surface area contributed by atoms with Gasteiger partial charge in [0.1, 0.15) is 0 Å². The van der Waals surface area contributed by atoms with Crippen LogP contribution in [0.1, 0.15) is 34.6 Å². The average Bonchev–Trinajstić information content (AvgIpc) is 2.96. The minimum Gasteiger partial charge on any atom is -0.351 e. The van der Waals surface area contributed by atoms with Gasteiger partial charge in [-0.25, -0.2) is 0 Å². The molecule has 1 N–H and O–H groups in total. The van der Waals surface area contributed by atoms with Crippen molar-refractivity contribution in [2.45, 2.75) is 26.7 Å². The van der Waals surface area contributed by atoms with Crippen LogP contribution in [0.25, 0.3) is 10.4 Å². The van der Waals surface area contributed by atoms with Crippen LogP contribution in [0.15, 0.2) is 30.3 Å². The van der Waals surface area contributed by atoms with E-state index in [1.807, 2.05) is 0 Å². The second-order valence-electron chi connectivity index (χ2n) is 7.71. The zero-order valence-electron chi connectivity index (χ0n) is 15.0. The fourth-order valence-corrected chi connectivity index (χ4v) is 4.69. The number of thiophene rings is 1. The van der Waals surface area contributed by atoms with Crippen molar-refractivity contribution in [1.29, 1.82) is 0 Å². The summed E-state index contributed by atoms with van der Waals surface area (Å²) in [4.78, 5) is 16.9. The Balaban J connectivity index is 1.73. The lowest BCUT2D eigenvalue weighted by atomic mass is 9.91. The summed E-state index contributed by atoms with van der Waals surface area (Å²) in [6.45, 7) is 6.00. The summed E-state index contributed by atoms with van der Waals surface area (Å²) in [6, 6.07) is 10.6. The second-order valence-corrected chi connectivity index (χ2v) is 8.76. The molecule has 1 amide bonds. The highest BCUT2D eigenvalue weighted by atomic mass is 32.1. The summed E-state index contributed by atoms with van der Waals surface area (Å²) in [7, 11) is 4.13. The number of rotatable bonds is 5. The molecule has 1 aliphatic rings. The number of hydrogen-bond donors (Lipinski definition) is 1. The SMILES string of the molecule is CN(C)CC(C)(C)CNC(=O)c1cc2c(s1)-c1ccccc1CC2. The van der Waals surface area contributed by atoms with Gasteiger partial charge in [-0.15, -0.1) is 11.3 Å². The number of carbonyl (C=O) groups is 1. The van der Waals surface area contributed by atoms with E-state index in [0.29, 0.717) is 6.54 Å². The van der Waals surface area contributed by atoms with Crippen LogP contribution in [0, 0.1) is 5.41 Å². The third kappa shape index (κ3) is 3.70. The van der Waals surface area contributed by atoms with Crippen molar-refractivity contribution in [3.05, 3.63) is 46.3 Å². The minimum absolute atomic E-state index is 0.0544. The first-order valence-electron chi connectivity index (χ1n) is 8.50. The lowest BCUT2D eigenvalue weighted by Crippen LogP contribution is -2.39. The zero-order chi connectivity index (χ0) is 17.3. The molecule has 0 saturated heterocycles. The number of carbonyl (C=O) groups excluding carboxylic acids is 1. The van der Waals surface area contributed by atoms with Crippen LogP contribution in [0.2, 0.25) is 0 Å². The number of benzene rings is 1.